The van der Waals surface area contributed by atoms with E-state index in [2.05, 4.69) is 11.2 Å². The summed E-state index contributed by atoms with van der Waals surface area (Å²) in [5.41, 5.74) is 1.72. The number of likely N-dealkylation sites (N-methyl/N-ethyl adjacent to an activating group) is 1. The molecule has 4 heteroatoms. The molecule has 0 aromatic carbocycles. The number of aryl methyl sites for hydroxylation is 2. The first-order chi connectivity index (χ1) is 6.00. The summed E-state index contributed by atoms with van der Waals surface area (Å²) in [6.45, 7) is 4.05. The van der Waals surface area contributed by atoms with E-state index in [1.54, 1.807) is 23.7 Å². The van der Waals surface area contributed by atoms with Gasteiger partial charge in [0.25, 0.3) is 0 Å². The van der Waals surface area contributed by atoms with Crippen LogP contribution < -0.4 is 0 Å². The van der Waals surface area contributed by atoms with E-state index in [0.29, 0.717) is 6.54 Å². The molecule has 0 aliphatic rings. The molecule has 13 heavy (non-hydrogen) atoms. The maximum atomic E-state index is 11.3. The number of carbonyl (C=O) groups excluding carboxylic acids is 1. The number of carbonyl (C=O) groups is 1. The summed E-state index contributed by atoms with van der Waals surface area (Å²) in [5.74, 6) is 0.0413. The molecule has 0 N–H and O–H groups in total. The highest BCUT2D eigenvalue weighted by Crippen LogP contribution is 2.00. The van der Waals surface area contributed by atoms with Gasteiger partial charge in [-0.25, -0.2) is 0 Å². The number of aromatic nitrogens is 2. The Morgan fingerprint density at radius 2 is 2.15 bits per heavy atom. The zero-order valence-corrected chi connectivity index (χ0v) is 8.46. The van der Waals surface area contributed by atoms with Crippen LogP contribution in [-0.2, 0) is 11.3 Å². The number of amides is 1. The van der Waals surface area contributed by atoms with Gasteiger partial charge < -0.3 is 4.90 Å². The minimum absolute atomic E-state index is 0.0413. The molecule has 0 spiro atoms. The molecule has 1 heterocycles. The van der Waals surface area contributed by atoms with Gasteiger partial charge in [-0.15, -0.1) is 0 Å². The Labute approximate surface area is 78.1 Å². The van der Waals surface area contributed by atoms with Crippen molar-refractivity contribution in [2.24, 2.45) is 0 Å². The van der Waals surface area contributed by atoms with Crippen LogP contribution in [0.5, 0.6) is 0 Å². The van der Waals surface area contributed by atoms with Gasteiger partial charge in [0, 0.05) is 25.9 Å². The van der Waals surface area contributed by atoms with Crippen LogP contribution in [0.1, 0.15) is 11.4 Å². The predicted molar refractivity (Wildman–Crippen MR) is 49.2 cm³/mol. The van der Waals surface area contributed by atoms with Crippen molar-refractivity contribution in [2.75, 3.05) is 14.1 Å². The lowest BCUT2D eigenvalue weighted by atomic mass is 10.4. The van der Waals surface area contributed by atoms with Crippen LogP contribution in [0.25, 0.3) is 0 Å². The van der Waals surface area contributed by atoms with Gasteiger partial charge in [0.15, 0.2) is 0 Å². The second-order valence-electron chi connectivity index (χ2n) is 3.24. The van der Waals surface area contributed by atoms with Gasteiger partial charge in [0.2, 0.25) is 5.91 Å². The maximum Gasteiger partial charge on any atom is 0.243 e. The smallest absolute Gasteiger partial charge is 0.243 e. The molecule has 71 valence electrons. The first-order valence-electron chi connectivity index (χ1n) is 4.14. The van der Waals surface area contributed by atoms with Crippen LogP contribution in [0.3, 0.4) is 0 Å². The van der Waals surface area contributed by atoms with E-state index in [0.717, 1.165) is 11.4 Å². The quantitative estimate of drug-likeness (QED) is 0.660. The van der Waals surface area contributed by atoms with E-state index in [9.17, 15) is 4.79 Å². The van der Waals surface area contributed by atoms with Crippen molar-refractivity contribution in [3.05, 3.63) is 17.5 Å². The summed E-state index contributed by atoms with van der Waals surface area (Å²) in [6.07, 6.45) is 0. The SMILES string of the molecule is Cc1[c]c(C)n(CC(=O)N(C)C)n1. The van der Waals surface area contributed by atoms with Gasteiger partial charge >= 0.3 is 0 Å². The Balaban J connectivity index is 2.74. The maximum absolute atomic E-state index is 11.3. The van der Waals surface area contributed by atoms with E-state index in [1.807, 2.05) is 13.8 Å². The zero-order valence-electron chi connectivity index (χ0n) is 8.46. The lowest BCUT2D eigenvalue weighted by Crippen LogP contribution is -2.27. The van der Waals surface area contributed by atoms with Crippen molar-refractivity contribution < 1.29 is 4.79 Å². The summed E-state index contributed by atoms with van der Waals surface area (Å²) in [6, 6.07) is 3.03. The molecular weight excluding hydrogens is 166 g/mol. The molecule has 1 aromatic rings. The lowest BCUT2D eigenvalue weighted by Gasteiger charge is -2.10. The lowest BCUT2D eigenvalue weighted by molar-refractivity contribution is -0.129. The third-order valence-electron chi connectivity index (χ3n) is 1.80. The van der Waals surface area contributed by atoms with Gasteiger partial charge in [-0.1, -0.05) is 0 Å². The average Bonchev–Trinajstić information content (AvgIpc) is 2.30. The predicted octanol–water partition coefficient (Wildman–Crippen LogP) is 0.388. The second-order valence-corrected chi connectivity index (χ2v) is 3.24. The van der Waals surface area contributed by atoms with Gasteiger partial charge in [0.1, 0.15) is 6.54 Å². The number of rotatable bonds is 2. The summed E-state index contributed by atoms with van der Waals surface area (Å²) < 4.78 is 1.66. The molecule has 0 saturated carbocycles. The molecule has 0 fully saturated rings. The molecule has 4 nitrogen and oxygen atoms in total. The second kappa shape index (κ2) is 3.60. The van der Waals surface area contributed by atoms with E-state index < -0.39 is 0 Å². The van der Waals surface area contributed by atoms with Crippen LogP contribution in [0.15, 0.2) is 0 Å². The fraction of sp³-hybridized carbons (Fsp3) is 0.556. The van der Waals surface area contributed by atoms with Crippen molar-refractivity contribution in [3.63, 3.8) is 0 Å². The minimum atomic E-state index is 0.0413. The van der Waals surface area contributed by atoms with Crippen LogP contribution >= 0.6 is 0 Å². The molecule has 1 aromatic heterocycles. The fourth-order valence-corrected chi connectivity index (χ4v) is 1.03. The van der Waals surface area contributed by atoms with Crippen LogP contribution in [0.2, 0.25) is 0 Å². The highest BCUT2D eigenvalue weighted by atomic mass is 16.2. The van der Waals surface area contributed by atoms with Crippen LogP contribution in [0.4, 0.5) is 0 Å². The van der Waals surface area contributed by atoms with Crippen molar-refractivity contribution in [2.45, 2.75) is 20.4 Å². The Kier molecular flexibility index (Phi) is 2.70. The fourth-order valence-electron chi connectivity index (χ4n) is 1.03. The van der Waals surface area contributed by atoms with Crippen molar-refractivity contribution >= 4 is 5.91 Å². The summed E-state index contributed by atoms with van der Waals surface area (Å²) in [4.78, 5) is 12.9. The Morgan fingerprint density at radius 1 is 1.54 bits per heavy atom. The van der Waals surface area contributed by atoms with Gasteiger partial charge in [-0.2, -0.15) is 5.10 Å². The van der Waals surface area contributed by atoms with Crippen molar-refractivity contribution in [1.82, 2.24) is 14.7 Å². The first kappa shape index (κ1) is 9.77. The molecule has 1 radical (unpaired) electrons. The zero-order chi connectivity index (χ0) is 10.0. The molecule has 0 unspecified atom stereocenters. The minimum Gasteiger partial charge on any atom is -0.347 e. The Morgan fingerprint density at radius 3 is 2.54 bits per heavy atom. The molecule has 0 bridgehead atoms. The van der Waals surface area contributed by atoms with Crippen LogP contribution in [-0.4, -0.2) is 34.7 Å². The molecule has 0 atom stereocenters. The standard InChI is InChI=1S/C9H14N3O/c1-7-5-8(2)12(10-7)6-9(13)11(3)4/h6H2,1-4H3. The third kappa shape index (κ3) is 2.31. The van der Waals surface area contributed by atoms with E-state index in [-0.39, 0.29) is 5.91 Å². The summed E-state index contributed by atoms with van der Waals surface area (Å²) >= 11 is 0. The van der Waals surface area contributed by atoms with Crippen LogP contribution in [0, 0.1) is 19.9 Å². The Bertz CT molecular complexity index is 315. The van der Waals surface area contributed by atoms with Crippen molar-refractivity contribution in [1.29, 1.82) is 0 Å². The molecule has 0 aliphatic heterocycles. The Hall–Kier alpha value is -1.32. The van der Waals surface area contributed by atoms with E-state index in [1.165, 1.54) is 0 Å². The summed E-state index contributed by atoms with van der Waals surface area (Å²) in [5, 5.41) is 4.15. The first-order valence-corrected chi connectivity index (χ1v) is 4.14. The van der Waals surface area contributed by atoms with Gasteiger partial charge in [-0.05, 0) is 13.8 Å². The normalized spacial score (nSPS) is 10.2. The number of hydrogen-bond donors (Lipinski definition) is 0. The molecule has 0 aliphatic carbocycles. The monoisotopic (exact) mass is 180 g/mol. The van der Waals surface area contributed by atoms with E-state index in [4.69, 9.17) is 0 Å². The number of hydrogen-bond acceptors (Lipinski definition) is 2. The molecule has 1 rings (SSSR count). The highest BCUT2D eigenvalue weighted by Gasteiger charge is 2.08. The average molecular weight is 180 g/mol. The largest absolute Gasteiger partial charge is 0.347 e. The third-order valence-corrected chi connectivity index (χ3v) is 1.80. The topological polar surface area (TPSA) is 38.1 Å². The molecular formula is C9H14N3O. The van der Waals surface area contributed by atoms with Crippen molar-refractivity contribution in [3.8, 4) is 0 Å². The number of nitrogens with zero attached hydrogens (tertiary/aromatic N) is 3. The molecule has 0 saturated heterocycles. The van der Waals surface area contributed by atoms with Gasteiger partial charge in [-0.3, -0.25) is 9.48 Å². The van der Waals surface area contributed by atoms with Gasteiger partial charge in [0.05, 0.1) is 5.69 Å². The molecule has 1 amide bonds. The van der Waals surface area contributed by atoms with E-state index >= 15 is 0 Å². The highest BCUT2D eigenvalue weighted by molar-refractivity contribution is 5.75. The summed E-state index contributed by atoms with van der Waals surface area (Å²) in [7, 11) is 3.47.